The maximum absolute atomic E-state index is 11.5. The van der Waals surface area contributed by atoms with Crippen molar-refractivity contribution in [2.75, 3.05) is 12.0 Å². The molecule has 2 N–H and O–H groups in total. The van der Waals surface area contributed by atoms with Gasteiger partial charge >= 0.3 is 0 Å². The molecule has 0 spiro atoms. The molecular formula is C20H28BrN5O2. The largest absolute Gasteiger partial charge is 0.492 e. The van der Waals surface area contributed by atoms with Crippen LogP contribution in [0.2, 0.25) is 0 Å². The summed E-state index contributed by atoms with van der Waals surface area (Å²) in [5, 5.41) is 11.6. The van der Waals surface area contributed by atoms with Crippen molar-refractivity contribution in [3.8, 4) is 5.75 Å². The summed E-state index contributed by atoms with van der Waals surface area (Å²) in [5.41, 5.74) is 3.55. The van der Waals surface area contributed by atoms with Crippen molar-refractivity contribution >= 4 is 28.1 Å². The summed E-state index contributed by atoms with van der Waals surface area (Å²) < 4.78 is 6.73. The van der Waals surface area contributed by atoms with E-state index in [0.29, 0.717) is 5.69 Å². The minimum atomic E-state index is -0.294. The Balaban J connectivity index is 1.75. The van der Waals surface area contributed by atoms with E-state index >= 15 is 0 Å². The lowest BCUT2D eigenvalue weighted by molar-refractivity contribution is 0.302. The highest BCUT2D eigenvalue weighted by molar-refractivity contribution is 9.10. The molecule has 0 aliphatic heterocycles. The van der Waals surface area contributed by atoms with Crippen LogP contribution in [0.5, 0.6) is 5.75 Å². The number of hydrogen-bond donors (Lipinski definition) is 2. The van der Waals surface area contributed by atoms with Gasteiger partial charge in [-0.1, -0.05) is 45.4 Å². The first-order chi connectivity index (χ1) is 13.6. The molecule has 7 nitrogen and oxygen atoms in total. The van der Waals surface area contributed by atoms with Crippen molar-refractivity contribution in [3.63, 3.8) is 0 Å². The number of nitrogens with one attached hydrogen (secondary N) is 2. The molecule has 0 atom stereocenters. The van der Waals surface area contributed by atoms with Gasteiger partial charge in [0, 0.05) is 0 Å². The van der Waals surface area contributed by atoms with Crippen molar-refractivity contribution in [3.05, 3.63) is 44.3 Å². The highest BCUT2D eigenvalue weighted by atomic mass is 79.9. The Morgan fingerprint density at radius 2 is 1.93 bits per heavy atom. The number of unbranched alkanes of at least 4 members (excludes halogenated alkanes) is 6. The number of ether oxygens (including phenoxy) is 1. The molecule has 2 rings (SSSR count). The average Bonchev–Trinajstić information content (AvgIpc) is 2.68. The second-order valence-electron chi connectivity index (χ2n) is 6.62. The van der Waals surface area contributed by atoms with Crippen molar-refractivity contribution in [2.45, 2.75) is 58.8 Å². The van der Waals surface area contributed by atoms with Gasteiger partial charge in [0.25, 0.3) is 5.56 Å². The van der Waals surface area contributed by atoms with Gasteiger partial charge in [0.1, 0.15) is 11.4 Å². The van der Waals surface area contributed by atoms with Gasteiger partial charge in [0.05, 0.1) is 17.3 Å². The summed E-state index contributed by atoms with van der Waals surface area (Å²) in [5.74, 6) is 1.02. The van der Waals surface area contributed by atoms with Crippen LogP contribution in [-0.2, 0) is 0 Å². The Labute approximate surface area is 174 Å². The molecule has 0 saturated heterocycles. The summed E-state index contributed by atoms with van der Waals surface area (Å²) in [6.45, 7) is 4.55. The fraction of sp³-hybridized carbons (Fsp3) is 0.500. The van der Waals surface area contributed by atoms with Gasteiger partial charge < -0.3 is 4.74 Å². The zero-order chi connectivity index (χ0) is 20.2. The third kappa shape index (κ3) is 7.80. The van der Waals surface area contributed by atoms with E-state index in [1.54, 1.807) is 13.1 Å². The van der Waals surface area contributed by atoms with E-state index in [2.05, 4.69) is 48.6 Å². The monoisotopic (exact) mass is 449 g/mol. The average molecular weight is 450 g/mol. The van der Waals surface area contributed by atoms with E-state index in [1.165, 1.54) is 38.5 Å². The van der Waals surface area contributed by atoms with Crippen LogP contribution in [0.1, 0.15) is 63.1 Å². The zero-order valence-electron chi connectivity index (χ0n) is 16.5. The molecule has 1 heterocycles. The van der Waals surface area contributed by atoms with E-state index in [9.17, 15) is 4.79 Å². The van der Waals surface area contributed by atoms with Gasteiger partial charge in [0.2, 0.25) is 5.95 Å². The molecule has 1 aromatic heterocycles. The number of aromatic nitrogens is 3. The summed E-state index contributed by atoms with van der Waals surface area (Å²) in [7, 11) is 0. The van der Waals surface area contributed by atoms with Gasteiger partial charge in [-0.25, -0.2) is 5.43 Å². The Morgan fingerprint density at radius 1 is 1.18 bits per heavy atom. The van der Waals surface area contributed by atoms with Gasteiger partial charge in [-0.3, -0.25) is 9.78 Å². The number of rotatable bonds is 12. The van der Waals surface area contributed by atoms with Crippen molar-refractivity contribution in [2.24, 2.45) is 5.10 Å². The number of anilines is 1. The van der Waals surface area contributed by atoms with Crippen LogP contribution in [-0.4, -0.2) is 28.0 Å². The lowest BCUT2D eigenvalue weighted by Crippen LogP contribution is -2.15. The lowest BCUT2D eigenvalue weighted by Gasteiger charge is -2.09. The number of benzene rings is 1. The second-order valence-corrected chi connectivity index (χ2v) is 7.47. The molecule has 0 bridgehead atoms. The van der Waals surface area contributed by atoms with Crippen LogP contribution in [0.3, 0.4) is 0 Å². The Kier molecular flexibility index (Phi) is 9.68. The minimum Gasteiger partial charge on any atom is -0.492 e. The smallest absolute Gasteiger partial charge is 0.274 e. The molecule has 28 heavy (non-hydrogen) atoms. The fourth-order valence-corrected chi connectivity index (χ4v) is 3.08. The van der Waals surface area contributed by atoms with Gasteiger partial charge in [0.15, 0.2) is 0 Å². The highest BCUT2D eigenvalue weighted by Gasteiger charge is 2.02. The quantitative estimate of drug-likeness (QED) is 0.275. The van der Waals surface area contributed by atoms with E-state index < -0.39 is 0 Å². The van der Waals surface area contributed by atoms with Gasteiger partial charge in [-0.2, -0.15) is 5.10 Å². The third-order valence-electron chi connectivity index (χ3n) is 4.21. The van der Waals surface area contributed by atoms with Crippen molar-refractivity contribution in [1.82, 2.24) is 15.2 Å². The molecule has 152 valence electrons. The zero-order valence-corrected chi connectivity index (χ0v) is 18.1. The standard InChI is InChI=1S/C20H28BrN5O2/c1-3-4-5-6-7-8-9-12-28-18-11-10-16(13-17(18)21)14-22-25-20-23-19(27)15(2)24-26-20/h10-11,13-14H,3-9,12H2,1-2H3,(H2,23,25,26,27)/b22-14+. The van der Waals surface area contributed by atoms with E-state index in [4.69, 9.17) is 4.74 Å². The Morgan fingerprint density at radius 3 is 2.64 bits per heavy atom. The molecule has 0 aliphatic rings. The predicted octanol–water partition coefficient (Wildman–Crippen LogP) is 4.81. The maximum atomic E-state index is 11.5. The number of aromatic amines is 1. The van der Waals surface area contributed by atoms with Crippen LogP contribution in [0.25, 0.3) is 0 Å². The first-order valence-corrected chi connectivity index (χ1v) is 10.5. The fourth-order valence-electron chi connectivity index (χ4n) is 2.57. The Bertz CT molecular complexity index is 822. The molecular weight excluding hydrogens is 422 g/mol. The second kappa shape index (κ2) is 12.3. The maximum Gasteiger partial charge on any atom is 0.274 e. The SMILES string of the molecule is CCCCCCCCCOc1ccc(/C=N/Nc2nnc(C)c(=O)[nH]2)cc1Br. The molecule has 0 amide bonds. The van der Waals surface area contributed by atoms with Crippen LogP contribution in [0.4, 0.5) is 5.95 Å². The predicted molar refractivity (Wildman–Crippen MR) is 116 cm³/mol. The van der Waals surface area contributed by atoms with E-state index in [0.717, 1.165) is 28.8 Å². The first-order valence-electron chi connectivity index (χ1n) is 9.75. The number of hydrogen-bond acceptors (Lipinski definition) is 6. The number of aryl methyl sites for hydroxylation is 1. The molecule has 8 heteroatoms. The molecule has 2 aromatic rings. The van der Waals surface area contributed by atoms with E-state index in [1.807, 2.05) is 18.2 Å². The minimum absolute atomic E-state index is 0.195. The first kappa shape index (κ1) is 22.1. The Hall–Kier alpha value is -2.22. The van der Waals surface area contributed by atoms with Crippen molar-refractivity contribution in [1.29, 1.82) is 0 Å². The molecule has 1 aromatic carbocycles. The normalized spacial score (nSPS) is 11.1. The van der Waals surface area contributed by atoms with Crippen LogP contribution < -0.4 is 15.7 Å². The molecule has 0 saturated carbocycles. The number of halogens is 1. The van der Waals surface area contributed by atoms with Crippen LogP contribution >= 0.6 is 15.9 Å². The van der Waals surface area contributed by atoms with Gasteiger partial charge in [-0.15, -0.1) is 10.2 Å². The number of H-pyrrole nitrogens is 1. The lowest BCUT2D eigenvalue weighted by atomic mass is 10.1. The topological polar surface area (TPSA) is 92.3 Å². The molecule has 0 fully saturated rings. The number of nitrogens with zero attached hydrogens (tertiary/aromatic N) is 3. The molecule has 0 unspecified atom stereocenters. The molecule has 0 aliphatic carbocycles. The highest BCUT2D eigenvalue weighted by Crippen LogP contribution is 2.25. The summed E-state index contributed by atoms with van der Waals surface area (Å²) in [6.07, 6.45) is 10.5. The van der Waals surface area contributed by atoms with Crippen molar-refractivity contribution < 1.29 is 4.74 Å². The summed E-state index contributed by atoms with van der Waals surface area (Å²) >= 11 is 3.54. The van der Waals surface area contributed by atoms with Crippen LogP contribution in [0, 0.1) is 6.92 Å². The molecule has 0 radical (unpaired) electrons. The van der Waals surface area contributed by atoms with Crippen LogP contribution in [0.15, 0.2) is 32.6 Å². The number of hydrazone groups is 1. The third-order valence-corrected chi connectivity index (χ3v) is 4.83. The summed E-state index contributed by atoms with van der Waals surface area (Å²) in [4.78, 5) is 14.0. The van der Waals surface area contributed by atoms with Gasteiger partial charge in [-0.05, 0) is 53.0 Å². The van der Waals surface area contributed by atoms with E-state index in [-0.39, 0.29) is 11.5 Å². The summed E-state index contributed by atoms with van der Waals surface area (Å²) in [6, 6.07) is 5.76.